The van der Waals surface area contributed by atoms with E-state index in [1.807, 2.05) is 38.2 Å². The first-order valence-corrected chi connectivity index (χ1v) is 5.21. The summed E-state index contributed by atoms with van der Waals surface area (Å²) in [5, 5.41) is 1.71. The fraction of sp³-hybridized carbons (Fsp3) is 0.333. The van der Waals surface area contributed by atoms with Crippen molar-refractivity contribution in [1.82, 2.24) is 0 Å². The van der Waals surface area contributed by atoms with Gasteiger partial charge in [-0.15, -0.1) is 0 Å². The molecule has 0 aromatic rings. The van der Waals surface area contributed by atoms with Crippen LogP contribution in [0.3, 0.4) is 0 Å². The second kappa shape index (κ2) is 7.51. The van der Waals surface area contributed by atoms with Crippen molar-refractivity contribution < 1.29 is 0 Å². The molecule has 0 rings (SSSR count). The van der Waals surface area contributed by atoms with E-state index in [-0.39, 0.29) is 0 Å². The lowest BCUT2D eigenvalue weighted by Gasteiger charge is -2.09. The van der Waals surface area contributed by atoms with E-state index in [1.165, 1.54) is 0 Å². The van der Waals surface area contributed by atoms with Gasteiger partial charge >= 0.3 is 0 Å². The summed E-state index contributed by atoms with van der Waals surface area (Å²) in [6.45, 7) is 6.01. The molecule has 0 aliphatic rings. The third-order valence-electron chi connectivity index (χ3n) is 1.90. The minimum absolute atomic E-state index is 0.319. The van der Waals surface area contributed by atoms with Crippen molar-refractivity contribution in [3.05, 3.63) is 47.1 Å². The highest BCUT2D eigenvalue weighted by Crippen LogP contribution is 2.16. The molecule has 0 saturated heterocycles. The molecule has 1 nitrogen and oxygen atoms in total. The van der Waals surface area contributed by atoms with Gasteiger partial charge in [0.1, 0.15) is 0 Å². The van der Waals surface area contributed by atoms with Gasteiger partial charge in [-0.25, -0.2) is 0 Å². The van der Waals surface area contributed by atoms with Crippen LogP contribution >= 0.6 is 12.6 Å². The van der Waals surface area contributed by atoms with Crippen molar-refractivity contribution in [2.75, 3.05) is 0 Å². The van der Waals surface area contributed by atoms with E-state index in [9.17, 15) is 0 Å². The van der Waals surface area contributed by atoms with Crippen LogP contribution in [-0.2, 0) is 0 Å². The highest BCUT2D eigenvalue weighted by Gasteiger charge is 2.03. The molecule has 0 aliphatic carbocycles. The quantitative estimate of drug-likeness (QED) is 0.538. The van der Waals surface area contributed by atoms with E-state index in [0.29, 0.717) is 5.92 Å². The summed E-state index contributed by atoms with van der Waals surface area (Å²) >= 11 is 4.05. The molecule has 0 amide bonds. The average Bonchev–Trinajstić information content (AvgIpc) is 2.13. The Morgan fingerprint density at radius 1 is 1.36 bits per heavy atom. The third-order valence-corrected chi connectivity index (χ3v) is 2.05. The molecule has 0 fully saturated rings. The van der Waals surface area contributed by atoms with Gasteiger partial charge in [-0.1, -0.05) is 37.3 Å². The van der Waals surface area contributed by atoms with Crippen molar-refractivity contribution in [3.8, 4) is 0 Å². The lowest BCUT2D eigenvalue weighted by Crippen LogP contribution is -2.02. The van der Waals surface area contributed by atoms with Crippen molar-refractivity contribution >= 4 is 12.6 Å². The Morgan fingerprint density at radius 3 is 2.43 bits per heavy atom. The Bertz CT molecular complexity index is 268. The molecule has 0 spiro atoms. The van der Waals surface area contributed by atoms with Crippen LogP contribution in [0.15, 0.2) is 47.1 Å². The summed E-state index contributed by atoms with van der Waals surface area (Å²) in [6.07, 6.45) is 10.1. The highest BCUT2D eigenvalue weighted by atomic mass is 32.1. The molecule has 1 atom stereocenters. The zero-order chi connectivity index (χ0) is 11.0. The largest absolute Gasteiger partial charge is 0.402 e. The Kier molecular flexibility index (Phi) is 7.03. The van der Waals surface area contributed by atoms with Gasteiger partial charge in [0.15, 0.2) is 0 Å². The van der Waals surface area contributed by atoms with Gasteiger partial charge in [0, 0.05) is 11.6 Å². The normalized spacial score (nSPS) is 16.9. The molecule has 14 heavy (non-hydrogen) atoms. The minimum Gasteiger partial charge on any atom is -0.402 e. The molecule has 0 aliphatic heterocycles. The van der Waals surface area contributed by atoms with Gasteiger partial charge in [-0.05, 0) is 24.8 Å². The fourth-order valence-electron chi connectivity index (χ4n) is 1.17. The molecule has 2 heteroatoms. The van der Waals surface area contributed by atoms with Crippen molar-refractivity contribution in [1.29, 1.82) is 0 Å². The zero-order valence-electron chi connectivity index (χ0n) is 9.07. The molecule has 0 aromatic heterocycles. The predicted octanol–water partition coefficient (Wildman–Crippen LogP) is 3.43. The van der Waals surface area contributed by atoms with Crippen LogP contribution in [0.25, 0.3) is 0 Å². The van der Waals surface area contributed by atoms with Crippen LogP contribution in [0.5, 0.6) is 0 Å². The Labute approximate surface area is 92.5 Å². The van der Waals surface area contributed by atoms with E-state index < -0.39 is 0 Å². The second-order valence-electron chi connectivity index (χ2n) is 3.15. The van der Waals surface area contributed by atoms with Crippen molar-refractivity contribution in [3.63, 3.8) is 0 Å². The summed E-state index contributed by atoms with van der Waals surface area (Å²) < 4.78 is 0. The first kappa shape index (κ1) is 13.1. The van der Waals surface area contributed by atoms with Gasteiger partial charge in [0.25, 0.3) is 0 Å². The average molecular weight is 209 g/mol. The number of allylic oxidation sites excluding steroid dienone is 7. The third kappa shape index (κ3) is 4.97. The monoisotopic (exact) mass is 209 g/mol. The van der Waals surface area contributed by atoms with Crippen LogP contribution in [0.2, 0.25) is 0 Å². The summed E-state index contributed by atoms with van der Waals surface area (Å²) in [5.41, 5.74) is 7.72. The Balaban J connectivity index is 4.63. The van der Waals surface area contributed by atoms with E-state index in [1.54, 1.807) is 5.41 Å². The molecule has 78 valence electrons. The minimum atomic E-state index is 0.319. The van der Waals surface area contributed by atoms with Gasteiger partial charge < -0.3 is 5.73 Å². The number of hydrogen-bond donors (Lipinski definition) is 2. The first-order chi connectivity index (χ1) is 6.63. The van der Waals surface area contributed by atoms with Crippen LogP contribution in [0.1, 0.15) is 20.8 Å². The topological polar surface area (TPSA) is 26.0 Å². The molecular formula is C12H19NS. The van der Waals surface area contributed by atoms with Crippen LogP contribution in [0, 0.1) is 5.92 Å². The lowest BCUT2D eigenvalue weighted by atomic mass is 9.99. The maximum Gasteiger partial charge on any atom is 0.00875 e. The molecule has 0 aromatic carbocycles. The molecule has 0 bridgehead atoms. The van der Waals surface area contributed by atoms with Gasteiger partial charge in [0.05, 0.1) is 0 Å². The predicted molar refractivity (Wildman–Crippen MR) is 68.1 cm³/mol. The number of rotatable bonds is 4. The van der Waals surface area contributed by atoms with E-state index in [4.69, 9.17) is 5.73 Å². The summed E-state index contributed by atoms with van der Waals surface area (Å²) in [5.74, 6) is 0.319. The van der Waals surface area contributed by atoms with Crippen LogP contribution in [0.4, 0.5) is 0 Å². The fourth-order valence-corrected chi connectivity index (χ4v) is 1.33. The number of hydrogen-bond acceptors (Lipinski definition) is 2. The van der Waals surface area contributed by atoms with Gasteiger partial charge in [-0.2, -0.15) is 12.6 Å². The van der Waals surface area contributed by atoms with E-state index >= 15 is 0 Å². The molecule has 2 N–H and O–H groups in total. The Hall–Kier alpha value is -0.890. The SMILES string of the molecule is C/C=C\C=C/C(C)C(/C=C\S)=C(/C)N. The first-order valence-electron chi connectivity index (χ1n) is 4.70. The van der Waals surface area contributed by atoms with Gasteiger partial charge in [-0.3, -0.25) is 0 Å². The van der Waals surface area contributed by atoms with E-state index in [2.05, 4.69) is 25.6 Å². The van der Waals surface area contributed by atoms with Crippen molar-refractivity contribution in [2.24, 2.45) is 11.7 Å². The summed E-state index contributed by atoms with van der Waals surface area (Å²) in [4.78, 5) is 0. The van der Waals surface area contributed by atoms with Crippen LogP contribution < -0.4 is 5.73 Å². The second-order valence-corrected chi connectivity index (χ2v) is 3.45. The lowest BCUT2D eigenvalue weighted by molar-refractivity contribution is 0.870. The van der Waals surface area contributed by atoms with Crippen molar-refractivity contribution in [2.45, 2.75) is 20.8 Å². The summed E-state index contributed by atoms with van der Waals surface area (Å²) in [6, 6.07) is 0. The molecular weight excluding hydrogens is 190 g/mol. The van der Waals surface area contributed by atoms with Gasteiger partial charge in [0.2, 0.25) is 0 Å². The van der Waals surface area contributed by atoms with Crippen LogP contribution in [-0.4, -0.2) is 0 Å². The maximum absolute atomic E-state index is 5.77. The van der Waals surface area contributed by atoms with E-state index in [0.717, 1.165) is 11.3 Å². The number of nitrogens with two attached hydrogens (primary N) is 1. The zero-order valence-corrected chi connectivity index (χ0v) is 9.96. The smallest absolute Gasteiger partial charge is 0.00875 e. The Morgan fingerprint density at radius 2 is 2.00 bits per heavy atom. The molecule has 0 radical (unpaired) electrons. The molecule has 0 heterocycles. The molecule has 1 unspecified atom stereocenters. The number of thiol groups is 1. The molecule has 0 saturated carbocycles. The maximum atomic E-state index is 5.77. The highest BCUT2D eigenvalue weighted by molar-refractivity contribution is 7.83. The summed E-state index contributed by atoms with van der Waals surface area (Å²) in [7, 11) is 0. The standard InChI is InChI=1S/C12H19NS/c1-4-5-6-7-10(2)12(8-9-14)11(3)13/h4-10,14H,13H2,1-3H3/b5-4-,7-6-,9-8-,12-11-.